The molecule has 9 heteroatoms. The van der Waals surface area contributed by atoms with Crippen molar-refractivity contribution in [2.75, 3.05) is 20.3 Å². The molecule has 2 aliphatic heterocycles. The Hall–Kier alpha value is -4.02. The van der Waals surface area contributed by atoms with Gasteiger partial charge in [0, 0.05) is 0 Å². The van der Waals surface area contributed by atoms with Crippen LogP contribution in [0.25, 0.3) is 0 Å². The summed E-state index contributed by atoms with van der Waals surface area (Å²) in [5.74, 6) is 0.00487. The van der Waals surface area contributed by atoms with Crippen molar-refractivity contribution in [1.29, 1.82) is 0 Å². The molecular formula is C31H31NO8. The fourth-order valence-corrected chi connectivity index (χ4v) is 4.92. The lowest BCUT2D eigenvalue weighted by atomic mass is 9.95. The average molecular weight is 546 g/mol. The first-order chi connectivity index (χ1) is 19.5. The van der Waals surface area contributed by atoms with Crippen molar-refractivity contribution in [3.05, 3.63) is 108 Å². The molecular weight excluding hydrogens is 514 g/mol. The van der Waals surface area contributed by atoms with Crippen molar-refractivity contribution in [1.82, 2.24) is 4.90 Å². The van der Waals surface area contributed by atoms with Crippen LogP contribution in [0.2, 0.25) is 0 Å². The minimum Gasteiger partial charge on any atom is -0.497 e. The summed E-state index contributed by atoms with van der Waals surface area (Å²) >= 11 is 0. The van der Waals surface area contributed by atoms with Gasteiger partial charge in [-0.05, 0) is 42.0 Å². The molecule has 5 atom stereocenters. The number of nitrogens with zero attached hydrogens (tertiary/aromatic N) is 1. The highest BCUT2D eigenvalue weighted by atomic mass is 16.7. The van der Waals surface area contributed by atoms with Gasteiger partial charge >= 0.3 is 0 Å². The van der Waals surface area contributed by atoms with E-state index in [2.05, 4.69) is 6.58 Å². The molecule has 2 amide bonds. The first-order valence-corrected chi connectivity index (χ1v) is 13.0. The van der Waals surface area contributed by atoms with E-state index >= 15 is 0 Å². The van der Waals surface area contributed by atoms with E-state index in [1.165, 1.54) is 6.08 Å². The Morgan fingerprint density at radius 2 is 1.55 bits per heavy atom. The van der Waals surface area contributed by atoms with Crippen LogP contribution in [0.3, 0.4) is 0 Å². The van der Waals surface area contributed by atoms with Crippen LogP contribution in [-0.2, 0) is 20.8 Å². The Kier molecular flexibility index (Phi) is 8.57. The molecule has 1 N–H and O–H groups in total. The maximum Gasteiger partial charge on any atom is 0.262 e. The maximum atomic E-state index is 13.5. The molecule has 1 fully saturated rings. The van der Waals surface area contributed by atoms with Gasteiger partial charge in [0.2, 0.25) is 6.29 Å². The van der Waals surface area contributed by atoms with Crippen molar-refractivity contribution in [2.45, 2.75) is 37.3 Å². The van der Waals surface area contributed by atoms with Crippen LogP contribution >= 0.6 is 0 Å². The Morgan fingerprint density at radius 3 is 2.17 bits per heavy atom. The smallest absolute Gasteiger partial charge is 0.262 e. The number of methoxy groups -OCH3 is 1. The molecule has 208 valence electrons. The van der Waals surface area contributed by atoms with Crippen molar-refractivity contribution < 1.29 is 38.4 Å². The van der Waals surface area contributed by atoms with Gasteiger partial charge in [-0.25, -0.2) is 0 Å². The van der Waals surface area contributed by atoms with Gasteiger partial charge in [0.15, 0.2) is 0 Å². The van der Waals surface area contributed by atoms with Crippen LogP contribution in [0.15, 0.2) is 91.5 Å². The van der Waals surface area contributed by atoms with E-state index in [9.17, 15) is 14.7 Å². The third-order valence-electron chi connectivity index (χ3n) is 6.88. The Morgan fingerprint density at radius 1 is 0.925 bits per heavy atom. The molecule has 3 aromatic rings. The summed E-state index contributed by atoms with van der Waals surface area (Å²) in [5, 5.41) is 11.4. The number of hydrogen-bond acceptors (Lipinski definition) is 8. The van der Waals surface area contributed by atoms with E-state index in [-0.39, 0.29) is 24.3 Å². The monoisotopic (exact) mass is 545 g/mol. The lowest BCUT2D eigenvalue weighted by molar-refractivity contribution is -0.264. The quantitative estimate of drug-likeness (QED) is 0.288. The van der Waals surface area contributed by atoms with Gasteiger partial charge < -0.3 is 28.8 Å². The predicted octanol–water partition coefficient (Wildman–Crippen LogP) is 3.61. The van der Waals surface area contributed by atoms with Crippen molar-refractivity contribution in [3.8, 4) is 11.5 Å². The standard InChI is InChI=1S/C31H31NO8/c1-3-17-38-28-26(32-29(34)23-11-7-8-12-24(23)30(32)35)31(39-22-15-13-21(36-2)14-16-22)40-25(27(28)33)19-37-18-20-9-5-4-6-10-20/h3-16,25-28,31,33H,1,17-19H2,2H3. The highest BCUT2D eigenvalue weighted by molar-refractivity contribution is 6.21. The van der Waals surface area contributed by atoms with Crippen LogP contribution < -0.4 is 9.47 Å². The van der Waals surface area contributed by atoms with Gasteiger partial charge in [0.05, 0.1) is 38.1 Å². The van der Waals surface area contributed by atoms with Gasteiger partial charge in [0.25, 0.3) is 11.8 Å². The molecule has 5 rings (SSSR count). The largest absolute Gasteiger partial charge is 0.497 e. The zero-order valence-corrected chi connectivity index (χ0v) is 22.1. The number of hydrogen-bond donors (Lipinski definition) is 1. The van der Waals surface area contributed by atoms with Crippen molar-refractivity contribution in [3.63, 3.8) is 0 Å². The number of imide groups is 1. The molecule has 2 aliphatic rings. The summed E-state index contributed by atoms with van der Waals surface area (Å²) in [5.41, 5.74) is 1.49. The number of aliphatic hydroxyl groups is 1. The number of carbonyl (C=O) groups excluding carboxylic acids is 2. The van der Waals surface area contributed by atoms with Gasteiger partial charge in [-0.2, -0.15) is 0 Å². The van der Waals surface area contributed by atoms with Crippen LogP contribution in [0.4, 0.5) is 0 Å². The number of rotatable bonds is 11. The second-order valence-corrected chi connectivity index (χ2v) is 9.43. The number of amides is 2. The van der Waals surface area contributed by atoms with E-state index in [1.807, 2.05) is 30.3 Å². The number of aliphatic hydroxyl groups excluding tert-OH is 1. The zero-order valence-electron chi connectivity index (χ0n) is 22.1. The predicted molar refractivity (Wildman–Crippen MR) is 145 cm³/mol. The first kappa shape index (κ1) is 27.5. The van der Waals surface area contributed by atoms with Crippen LogP contribution in [0.5, 0.6) is 11.5 Å². The van der Waals surface area contributed by atoms with Gasteiger partial charge in [-0.15, -0.1) is 6.58 Å². The molecule has 5 unspecified atom stereocenters. The summed E-state index contributed by atoms with van der Waals surface area (Å²) in [4.78, 5) is 28.1. The normalized spacial score (nSPS) is 24.1. The van der Waals surface area contributed by atoms with Gasteiger partial charge in [0.1, 0.15) is 35.9 Å². The van der Waals surface area contributed by atoms with Crippen LogP contribution in [0, 0.1) is 0 Å². The summed E-state index contributed by atoms with van der Waals surface area (Å²) in [6, 6.07) is 21.9. The number of fused-ring (bicyclic) bond motifs is 1. The second kappa shape index (κ2) is 12.4. The summed E-state index contributed by atoms with van der Waals surface area (Å²) in [7, 11) is 1.56. The average Bonchev–Trinajstić information content (AvgIpc) is 3.24. The SMILES string of the molecule is C=CCOC1C(O)C(COCc2ccccc2)OC(Oc2ccc(OC)cc2)C1N1C(=O)c2ccccc2C1=O. The van der Waals surface area contributed by atoms with Crippen LogP contribution in [-0.4, -0.2) is 72.8 Å². The lowest BCUT2D eigenvalue weighted by Gasteiger charge is -2.46. The fourth-order valence-electron chi connectivity index (χ4n) is 4.92. The summed E-state index contributed by atoms with van der Waals surface area (Å²) < 4.78 is 29.6. The molecule has 2 heterocycles. The van der Waals surface area contributed by atoms with E-state index in [4.69, 9.17) is 23.7 Å². The van der Waals surface area contributed by atoms with E-state index in [0.29, 0.717) is 18.1 Å². The minimum atomic E-state index is -1.25. The first-order valence-electron chi connectivity index (χ1n) is 13.0. The minimum absolute atomic E-state index is 0.0152. The molecule has 40 heavy (non-hydrogen) atoms. The summed E-state index contributed by atoms with van der Waals surface area (Å²) in [6.07, 6.45) is -2.84. The molecule has 0 radical (unpaired) electrons. The number of carbonyl (C=O) groups is 2. The lowest BCUT2D eigenvalue weighted by Crippen LogP contribution is -2.67. The Bertz CT molecular complexity index is 1290. The second-order valence-electron chi connectivity index (χ2n) is 9.43. The Balaban J connectivity index is 1.46. The van der Waals surface area contributed by atoms with Gasteiger partial charge in [-0.1, -0.05) is 48.5 Å². The molecule has 0 spiro atoms. The Labute approximate surface area is 232 Å². The molecule has 0 aromatic heterocycles. The molecule has 3 aromatic carbocycles. The van der Waals surface area contributed by atoms with E-state index < -0.39 is 42.5 Å². The van der Waals surface area contributed by atoms with Crippen LogP contribution in [0.1, 0.15) is 26.3 Å². The molecule has 1 saturated heterocycles. The van der Waals surface area contributed by atoms with E-state index in [0.717, 1.165) is 10.5 Å². The van der Waals surface area contributed by atoms with Crippen molar-refractivity contribution >= 4 is 11.8 Å². The van der Waals surface area contributed by atoms with E-state index in [1.54, 1.807) is 55.6 Å². The number of ether oxygens (including phenoxy) is 5. The molecule has 0 saturated carbocycles. The highest BCUT2D eigenvalue weighted by Crippen LogP contribution is 2.35. The van der Waals surface area contributed by atoms with Gasteiger partial charge in [-0.3, -0.25) is 14.5 Å². The summed E-state index contributed by atoms with van der Waals surface area (Å²) in [6.45, 7) is 4.09. The topological polar surface area (TPSA) is 104 Å². The zero-order chi connectivity index (χ0) is 28.1. The molecule has 0 aliphatic carbocycles. The third-order valence-corrected chi connectivity index (χ3v) is 6.88. The molecule has 9 nitrogen and oxygen atoms in total. The fraction of sp³-hybridized carbons (Fsp3) is 0.290. The maximum absolute atomic E-state index is 13.5. The molecule has 0 bridgehead atoms. The highest BCUT2D eigenvalue weighted by Gasteiger charge is 2.55. The number of benzene rings is 3. The third kappa shape index (κ3) is 5.64. The van der Waals surface area contributed by atoms with Crippen molar-refractivity contribution in [2.24, 2.45) is 0 Å².